The van der Waals surface area contributed by atoms with Crippen molar-refractivity contribution in [3.63, 3.8) is 0 Å². The topological polar surface area (TPSA) is 17.1 Å². The number of thiol groups is 1. The van der Waals surface area contributed by atoms with Crippen molar-refractivity contribution in [3.05, 3.63) is 35.7 Å². The van der Waals surface area contributed by atoms with Gasteiger partial charge in [-0.2, -0.15) is 0 Å². The maximum atomic E-state index is 11.3. The van der Waals surface area contributed by atoms with Crippen LogP contribution in [0.5, 0.6) is 0 Å². The van der Waals surface area contributed by atoms with Gasteiger partial charge < -0.3 is 1.43 Å². The Labute approximate surface area is 131 Å². The molecule has 16 heavy (non-hydrogen) atoms. The maximum Gasteiger partial charge on any atom is 1.00 e. The van der Waals surface area contributed by atoms with Crippen LogP contribution in [0.1, 0.15) is 1.43 Å². The van der Waals surface area contributed by atoms with Crippen LogP contribution in [-0.4, -0.2) is 10.5 Å². The van der Waals surface area contributed by atoms with Crippen molar-refractivity contribution in [2.24, 2.45) is 0 Å². The Balaban J connectivity index is 0.00000128. The monoisotopic (exact) mass is 278 g/mol. The molecule has 1 heterocycles. The molecule has 0 aliphatic heterocycles. The second-order valence-electron chi connectivity index (χ2n) is 3.12. The average molecular weight is 278 g/mol. The maximum absolute atomic E-state index is 11.3. The molecule has 0 aliphatic carbocycles. The first-order chi connectivity index (χ1) is 7.18. The zero-order chi connectivity index (χ0) is 10.8. The van der Waals surface area contributed by atoms with E-state index in [1.807, 2.05) is 35.7 Å². The molecule has 2 rings (SSSR count). The first kappa shape index (κ1) is 14.5. The normalized spacial score (nSPS) is 11.9. The predicted molar refractivity (Wildman–Crippen MR) is 70.5 cm³/mol. The van der Waals surface area contributed by atoms with Gasteiger partial charge in [0.1, 0.15) is 0 Å². The van der Waals surface area contributed by atoms with Gasteiger partial charge in [0.15, 0.2) is 0 Å². The van der Waals surface area contributed by atoms with Crippen LogP contribution in [-0.2, 0) is 10.8 Å². The van der Waals surface area contributed by atoms with Crippen molar-refractivity contribution >= 4 is 34.8 Å². The van der Waals surface area contributed by atoms with Crippen LogP contribution in [0.15, 0.2) is 45.5 Å². The Morgan fingerprint density at radius 1 is 1.38 bits per heavy atom. The smallest absolute Gasteiger partial charge is 1.00 e. The van der Waals surface area contributed by atoms with Crippen LogP contribution < -0.4 is 29.6 Å². The summed E-state index contributed by atoms with van der Waals surface area (Å²) in [6.07, 6.45) is 1.69. The third-order valence-electron chi connectivity index (χ3n) is 2.08. The van der Waals surface area contributed by atoms with Gasteiger partial charge in [0.25, 0.3) is 0 Å². The Bertz CT molecular complexity index is 513. The van der Waals surface area contributed by atoms with Crippen LogP contribution in [0.2, 0.25) is 0 Å². The van der Waals surface area contributed by atoms with Gasteiger partial charge in [-0.25, -0.2) is 0 Å². The number of benzene rings is 1. The fourth-order valence-corrected chi connectivity index (χ4v) is 3.51. The molecule has 1 aromatic carbocycles. The van der Waals surface area contributed by atoms with Crippen LogP contribution in [0.3, 0.4) is 0 Å². The van der Waals surface area contributed by atoms with E-state index in [1.54, 1.807) is 17.6 Å². The standard InChI is InChI=1S/C11H10OS3.Na.H/c1-15(12)8-6-11(14-7-8)9-4-2-3-5-10(9)13;;/h2-7,13H,1H3;;/q;+1;-1. The van der Waals surface area contributed by atoms with Crippen molar-refractivity contribution in [1.82, 2.24) is 0 Å². The van der Waals surface area contributed by atoms with Crippen molar-refractivity contribution in [2.75, 3.05) is 6.26 Å². The largest absolute Gasteiger partial charge is 1.00 e. The molecule has 1 nitrogen and oxygen atoms in total. The summed E-state index contributed by atoms with van der Waals surface area (Å²) in [5, 5.41) is 1.94. The predicted octanol–water partition coefficient (Wildman–Crippen LogP) is 0.558. The molecule has 1 unspecified atom stereocenters. The van der Waals surface area contributed by atoms with Gasteiger partial charge in [0, 0.05) is 31.9 Å². The molecule has 0 amide bonds. The van der Waals surface area contributed by atoms with E-state index in [1.165, 1.54) is 0 Å². The molecule has 1 aromatic heterocycles. The van der Waals surface area contributed by atoms with Gasteiger partial charge in [-0.15, -0.1) is 24.0 Å². The van der Waals surface area contributed by atoms with Gasteiger partial charge in [0.05, 0.1) is 10.8 Å². The minimum absolute atomic E-state index is 0. The molecule has 0 bridgehead atoms. The van der Waals surface area contributed by atoms with Gasteiger partial charge in [-0.3, -0.25) is 4.21 Å². The van der Waals surface area contributed by atoms with E-state index in [4.69, 9.17) is 0 Å². The molecular formula is C11H11NaOS3. The zero-order valence-electron chi connectivity index (χ0n) is 10.1. The third-order valence-corrected chi connectivity index (χ3v) is 4.48. The van der Waals surface area contributed by atoms with Crippen LogP contribution in [0, 0.1) is 0 Å². The quantitative estimate of drug-likeness (QED) is 0.627. The molecular weight excluding hydrogens is 267 g/mol. The van der Waals surface area contributed by atoms with E-state index < -0.39 is 10.8 Å². The SMILES string of the molecule is CS(=O)c1csc(-c2ccccc2S)c1.[H-].[Na+]. The number of rotatable bonds is 2. The van der Waals surface area contributed by atoms with Crippen molar-refractivity contribution in [3.8, 4) is 10.4 Å². The fourth-order valence-electron chi connectivity index (χ4n) is 1.29. The second-order valence-corrected chi connectivity index (χ2v) is 5.89. The summed E-state index contributed by atoms with van der Waals surface area (Å²) in [5.41, 5.74) is 1.10. The average Bonchev–Trinajstić information content (AvgIpc) is 2.67. The van der Waals surface area contributed by atoms with E-state index in [9.17, 15) is 4.21 Å². The molecule has 0 saturated carbocycles. The van der Waals surface area contributed by atoms with E-state index in [0.29, 0.717) is 0 Å². The first-order valence-electron chi connectivity index (χ1n) is 4.39. The summed E-state index contributed by atoms with van der Waals surface area (Å²) in [4.78, 5) is 2.95. The number of hydrogen-bond donors (Lipinski definition) is 1. The van der Waals surface area contributed by atoms with Gasteiger partial charge in [-0.05, 0) is 12.1 Å². The molecule has 1 atom stereocenters. The van der Waals surface area contributed by atoms with Crippen LogP contribution >= 0.6 is 24.0 Å². The van der Waals surface area contributed by atoms with E-state index in [2.05, 4.69) is 12.6 Å². The summed E-state index contributed by atoms with van der Waals surface area (Å²) in [5.74, 6) is 0. The number of thiophene rings is 1. The Morgan fingerprint density at radius 3 is 2.62 bits per heavy atom. The first-order valence-corrected chi connectivity index (χ1v) is 7.27. The second kappa shape index (κ2) is 6.38. The van der Waals surface area contributed by atoms with Crippen molar-refractivity contribution in [2.45, 2.75) is 9.79 Å². The minimum atomic E-state index is -0.903. The van der Waals surface area contributed by atoms with E-state index in [-0.39, 0.29) is 31.0 Å². The third kappa shape index (κ3) is 3.22. The Hall–Kier alpha value is 0.420. The summed E-state index contributed by atoms with van der Waals surface area (Å²) in [6.45, 7) is 0. The summed E-state index contributed by atoms with van der Waals surface area (Å²) >= 11 is 6.00. The fraction of sp³-hybridized carbons (Fsp3) is 0.0909. The Morgan fingerprint density at radius 2 is 2.06 bits per heavy atom. The van der Waals surface area contributed by atoms with Crippen molar-refractivity contribution in [1.29, 1.82) is 0 Å². The molecule has 5 heteroatoms. The Kier molecular flexibility index (Phi) is 5.77. The van der Waals surface area contributed by atoms with Crippen LogP contribution in [0.4, 0.5) is 0 Å². The molecule has 0 radical (unpaired) electrons. The molecule has 80 valence electrons. The summed E-state index contributed by atoms with van der Waals surface area (Å²) in [7, 11) is -0.903. The molecule has 0 fully saturated rings. The number of hydrogen-bond acceptors (Lipinski definition) is 3. The van der Waals surface area contributed by atoms with Gasteiger partial charge in [-0.1, -0.05) is 18.2 Å². The molecule has 0 aliphatic rings. The van der Waals surface area contributed by atoms with E-state index >= 15 is 0 Å². The molecule has 0 N–H and O–H groups in total. The zero-order valence-corrected chi connectivity index (χ0v) is 13.7. The molecule has 0 saturated heterocycles. The van der Waals surface area contributed by atoms with Gasteiger partial charge in [0.2, 0.25) is 0 Å². The van der Waals surface area contributed by atoms with Crippen LogP contribution in [0.25, 0.3) is 10.4 Å². The minimum Gasteiger partial charge on any atom is -1.00 e. The molecule has 0 spiro atoms. The molecule has 2 aromatic rings. The van der Waals surface area contributed by atoms with E-state index in [0.717, 1.165) is 20.2 Å². The van der Waals surface area contributed by atoms with Crippen molar-refractivity contribution < 1.29 is 35.2 Å². The summed E-state index contributed by atoms with van der Waals surface area (Å²) < 4.78 is 11.3. The summed E-state index contributed by atoms with van der Waals surface area (Å²) in [6, 6.07) is 9.89. The van der Waals surface area contributed by atoms with Gasteiger partial charge >= 0.3 is 29.6 Å².